The smallest absolute Gasteiger partial charge is 0.456 e. The molecule has 0 radical (unpaired) electrons. The van der Waals surface area contributed by atoms with Gasteiger partial charge in [-0.25, -0.2) is 4.57 Å². The van der Waals surface area contributed by atoms with E-state index in [0.29, 0.717) is 23.9 Å². The number of carbonyl (C=O) groups excluding carboxylic acids is 2. The fourth-order valence-electron chi connectivity index (χ4n) is 8.67. The molecule has 0 heterocycles. The van der Waals surface area contributed by atoms with Crippen LogP contribution in [0.15, 0.2) is 109 Å². The van der Waals surface area contributed by atoms with Crippen LogP contribution in [0.2, 0.25) is 0 Å². The Morgan fingerprint density at radius 1 is 0.443 bits per heavy atom. The number of hydrogen-bond acceptors (Lipinski definition) is 6. The zero-order valence-corrected chi connectivity index (χ0v) is 52.7. The van der Waals surface area contributed by atoms with E-state index < -0.39 is 20.0 Å². The number of esters is 1. The Labute approximate surface area is 487 Å². The third kappa shape index (κ3) is 59.1. The van der Waals surface area contributed by atoms with E-state index >= 15 is 0 Å². The molecule has 0 aliphatic carbocycles. The topological polar surface area (TPSA) is 111 Å². The SMILES string of the molecule is CCCCC/C=C\C/C=C\C/C=C\C/C=C\CCCCCCCCCC(=O)NC(COP(=O)(O)OCC[N+](C)(C)C)C(/C=C\CCCCCCCCCCC)OC(=O)CCCCC/C=C\C/C=C\C/C=C\C/C=C\CCCCC. The number of hydrogen-bond donors (Lipinski definition) is 2. The Morgan fingerprint density at radius 3 is 1.19 bits per heavy atom. The molecule has 3 atom stereocenters. The monoisotopic (exact) mass is 1120 g/mol. The number of rotatable bonds is 57. The lowest BCUT2D eigenvalue weighted by molar-refractivity contribution is -0.870. The van der Waals surface area contributed by atoms with Crippen LogP contribution >= 0.6 is 7.82 Å². The Balaban J connectivity index is 5.26. The maximum atomic E-state index is 13.6. The summed E-state index contributed by atoms with van der Waals surface area (Å²) in [5, 5.41) is 3.04. The van der Waals surface area contributed by atoms with Crippen molar-refractivity contribution in [3.8, 4) is 0 Å². The van der Waals surface area contributed by atoms with E-state index in [4.69, 9.17) is 13.8 Å². The quantitative estimate of drug-likeness (QED) is 0.0205. The van der Waals surface area contributed by atoms with Gasteiger partial charge in [-0.2, -0.15) is 0 Å². The van der Waals surface area contributed by atoms with E-state index in [0.717, 1.165) is 109 Å². The van der Waals surface area contributed by atoms with Crippen LogP contribution in [0.4, 0.5) is 0 Å². The van der Waals surface area contributed by atoms with Gasteiger partial charge in [0, 0.05) is 12.8 Å². The molecule has 0 bridgehead atoms. The average Bonchev–Trinajstić information content (AvgIpc) is 3.41. The highest BCUT2D eigenvalue weighted by Gasteiger charge is 2.30. The largest absolute Gasteiger partial charge is 0.472 e. The standard InChI is InChI=1S/C69H121N2O7P/c1-7-10-13-16-19-22-25-27-29-31-33-34-35-36-38-39-41-43-46-49-52-55-58-61-68(72)70-66(65-77-79(74,75)76-64-63-71(4,5)6)67(60-57-54-51-48-45-24-21-18-15-12-9-3)78-69(73)62-59-56-53-50-47-44-42-40-37-32-30-28-26-23-20-17-14-11-8-2/h19-20,22-23,27-30,33-34,36-38,40,44,47,57,60,66-67H,7-18,21,24-26,31-32,35,39,41-43,45-46,48-56,58-59,61-65H2,1-6H3,(H-,70,72,74,75)/p+1/b22-19-,23-20-,29-27-,30-28-,34-33-,38-36-,40-37-,47-44-,60-57-. The van der Waals surface area contributed by atoms with E-state index in [2.05, 4.69) is 123 Å². The maximum absolute atomic E-state index is 13.6. The van der Waals surface area contributed by atoms with E-state index in [1.54, 1.807) is 0 Å². The molecule has 0 aromatic carbocycles. The highest BCUT2D eigenvalue weighted by molar-refractivity contribution is 7.47. The van der Waals surface area contributed by atoms with Gasteiger partial charge in [0.2, 0.25) is 5.91 Å². The number of quaternary nitrogens is 1. The minimum atomic E-state index is -4.47. The molecule has 0 saturated carbocycles. The van der Waals surface area contributed by atoms with Crippen LogP contribution in [0.5, 0.6) is 0 Å². The molecule has 10 heteroatoms. The number of phosphoric ester groups is 1. The fourth-order valence-corrected chi connectivity index (χ4v) is 9.41. The molecule has 0 aromatic heterocycles. The first-order valence-electron chi connectivity index (χ1n) is 32.2. The van der Waals surface area contributed by atoms with Crippen molar-refractivity contribution < 1.29 is 37.3 Å². The third-order valence-corrected chi connectivity index (χ3v) is 14.7. The molecular formula is C69H122N2O7P+. The summed E-state index contributed by atoms with van der Waals surface area (Å²) in [5.74, 6) is -0.558. The second-order valence-electron chi connectivity index (χ2n) is 22.6. The lowest BCUT2D eigenvalue weighted by Crippen LogP contribution is -2.47. The van der Waals surface area contributed by atoms with Crippen LogP contribution in [0.3, 0.4) is 0 Å². The van der Waals surface area contributed by atoms with Gasteiger partial charge in [-0.05, 0) is 122 Å². The molecule has 9 nitrogen and oxygen atoms in total. The van der Waals surface area contributed by atoms with Crippen molar-refractivity contribution in [3.05, 3.63) is 109 Å². The summed E-state index contributed by atoms with van der Waals surface area (Å²) in [4.78, 5) is 37.7. The number of carbonyl (C=O) groups is 2. The van der Waals surface area contributed by atoms with E-state index in [1.165, 1.54) is 116 Å². The van der Waals surface area contributed by atoms with Crippen LogP contribution in [0.25, 0.3) is 0 Å². The van der Waals surface area contributed by atoms with Crippen molar-refractivity contribution in [2.24, 2.45) is 0 Å². The molecule has 0 rings (SSSR count). The summed E-state index contributed by atoms with van der Waals surface area (Å²) >= 11 is 0. The Hall–Kier alpha value is -3.33. The minimum absolute atomic E-state index is 0.0269. The van der Waals surface area contributed by atoms with Crippen molar-refractivity contribution in [3.63, 3.8) is 0 Å². The highest BCUT2D eigenvalue weighted by atomic mass is 31.2. The normalized spacial score (nSPS) is 14.4. The lowest BCUT2D eigenvalue weighted by atomic mass is 10.1. The Kier molecular flexibility index (Phi) is 55.4. The zero-order valence-electron chi connectivity index (χ0n) is 51.8. The summed E-state index contributed by atoms with van der Waals surface area (Å²) < 4.78 is 30.7. The van der Waals surface area contributed by atoms with Gasteiger partial charge in [-0.15, -0.1) is 0 Å². The average molecular weight is 1120 g/mol. The van der Waals surface area contributed by atoms with E-state index in [-0.39, 0.29) is 31.5 Å². The molecule has 0 aliphatic rings. The fraction of sp³-hybridized carbons (Fsp3) is 0.710. The van der Waals surface area contributed by atoms with E-state index in [9.17, 15) is 19.0 Å². The van der Waals surface area contributed by atoms with Crippen LogP contribution in [0.1, 0.15) is 265 Å². The van der Waals surface area contributed by atoms with Gasteiger partial charge < -0.3 is 19.4 Å². The molecule has 1 amide bonds. The van der Waals surface area contributed by atoms with Crippen molar-refractivity contribution in [1.29, 1.82) is 0 Å². The summed E-state index contributed by atoms with van der Waals surface area (Å²) in [7, 11) is 1.46. The zero-order chi connectivity index (χ0) is 57.9. The van der Waals surface area contributed by atoms with Gasteiger partial charge in [-0.1, -0.05) is 240 Å². The Bertz CT molecular complexity index is 1720. The van der Waals surface area contributed by atoms with Crippen molar-refractivity contribution in [2.75, 3.05) is 40.9 Å². The molecule has 0 fully saturated rings. The summed E-state index contributed by atoms with van der Waals surface area (Å²) in [6, 6.07) is -0.875. The van der Waals surface area contributed by atoms with Crippen LogP contribution in [0, 0.1) is 0 Å². The number of unbranched alkanes of at least 4 members (excludes halogenated alkanes) is 25. The first-order chi connectivity index (χ1) is 38.4. The van der Waals surface area contributed by atoms with Gasteiger partial charge >= 0.3 is 13.8 Å². The number of ether oxygens (including phenoxy) is 1. The first kappa shape index (κ1) is 75.7. The lowest BCUT2D eigenvalue weighted by Gasteiger charge is -2.27. The van der Waals surface area contributed by atoms with Crippen LogP contribution in [-0.2, 0) is 27.9 Å². The predicted molar refractivity (Wildman–Crippen MR) is 341 cm³/mol. The number of phosphoric acid groups is 1. The van der Waals surface area contributed by atoms with Crippen molar-refractivity contribution >= 4 is 19.7 Å². The number of amides is 1. The van der Waals surface area contributed by atoms with Gasteiger partial charge in [-0.3, -0.25) is 18.6 Å². The molecular weight excluding hydrogens is 1000 g/mol. The number of nitrogens with one attached hydrogen (secondary N) is 1. The minimum Gasteiger partial charge on any atom is -0.456 e. The van der Waals surface area contributed by atoms with Crippen molar-refractivity contribution in [1.82, 2.24) is 5.32 Å². The highest BCUT2D eigenvalue weighted by Crippen LogP contribution is 2.43. The molecule has 0 saturated heterocycles. The summed E-state index contributed by atoms with van der Waals surface area (Å²) in [5.41, 5.74) is 0. The summed E-state index contributed by atoms with van der Waals surface area (Å²) in [6.45, 7) is 6.91. The molecule has 2 N–H and O–H groups in total. The van der Waals surface area contributed by atoms with Crippen LogP contribution < -0.4 is 5.32 Å². The second-order valence-corrected chi connectivity index (χ2v) is 24.0. The number of nitrogens with zero attached hydrogens (tertiary/aromatic N) is 1. The molecule has 0 aliphatic heterocycles. The predicted octanol–water partition coefficient (Wildman–Crippen LogP) is 20.1. The maximum Gasteiger partial charge on any atom is 0.472 e. The van der Waals surface area contributed by atoms with Gasteiger partial charge in [0.15, 0.2) is 0 Å². The summed E-state index contributed by atoms with van der Waals surface area (Å²) in [6.07, 6.45) is 79.4. The van der Waals surface area contributed by atoms with Gasteiger partial charge in [0.25, 0.3) is 0 Å². The number of likely N-dealkylation sites (N-methyl/N-ethyl adjacent to an activating group) is 1. The third-order valence-electron chi connectivity index (χ3n) is 13.7. The number of allylic oxidation sites excluding steroid dienone is 17. The van der Waals surface area contributed by atoms with Gasteiger partial charge in [0.05, 0.1) is 33.8 Å². The first-order valence-corrected chi connectivity index (χ1v) is 33.7. The molecule has 0 spiro atoms. The van der Waals surface area contributed by atoms with E-state index in [1.807, 2.05) is 33.3 Å². The molecule has 454 valence electrons. The van der Waals surface area contributed by atoms with Crippen LogP contribution in [-0.4, -0.2) is 74.3 Å². The molecule has 79 heavy (non-hydrogen) atoms. The Morgan fingerprint density at radius 2 is 0.772 bits per heavy atom. The van der Waals surface area contributed by atoms with Gasteiger partial charge in [0.1, 0.15) is 19.3 Å². The van der Waals surface area contributed by atoms with Crippen molar-refractivity contribution in [2.45, 2.75) is 277 Å². The molecule has 3 unspecified atom stereocenters. The second kappa shape index (κ2) is 57.9. The molecule has 0 aromatic rings.